The van der Waals surface area contributed by atoms with Crippen molar-refractivity contribution in [1.29, 1.82) is 0 Å². The Kier molecular flexibility index (Phi) is 5.16. The average Bonchev–Trinajstić information content (AvgIpc) is 2.67. The summed E-state index contributed by atoms with van der Waals surface area (Å²) in [5, 5.41) is 14.6. The number of carbonyl (C=O) groups excluding carboxylic acids is 1. The topological polar surface area (TPSA) is 52.6 Å². The number of amides is 2. The third kappa shape index (κ3) is 5.51. The van der Waals surface area contributed by atoms with Crippen molar-refractivity contribution in [2.75, 3.05) is 13.6 Å². The zero-order chi connectivity index (χ0) is 13.8. The molecule has 1 unspecified atom stereocenters. The van der Waals surface area contributed by atoms with Crippen molar-refractivity contribution in [3.8, 4) is 0 Å². The molecule has 1 rings (SSSR count). The van der Waals surface area contributed by atoms with Crippen LogP contribution < -0.4 is 5.32 Å². The van der Waals surface area contributed by atoms with Crippen LogP contribution in [0.25, 0.3) is 0 Å². The fourth-order valence-electron chi connectivity index (χ4n) is 1.75. The number of rotatable bonds is 5. The lowest BCUT2D eigenvalue weighted by Gasteiger charge is -2.27. The van der Waals surface area contributed by atoms with Gasteiger partial charge < -0.3 is 15.3 Å². The first kappa shape index (κ1) is 15.0. The Hall–Kier alpha value is -1.07. The highest BCUT2D eigenvalue weighted by Gasteiger charge is 2.20. The van der Waals surface area contributed by atoms with Crippen LogP contribution in [0.15, 0.2) is 17.5 Å². The van der Waals surface area contributed by atoms with Crippen LogP contribution in [0.1, 0.15) is 25.6 Å². The molecule has 2 amide bonds. The summed E-state index contributed by atoms with van der Waals surface area (Å²) in [5.41, 5.74) is -0.872. The molecule has 5 heteroatoms. The van der Waals surface area contributed by atoms with Crippen molar-refractivity contribution >= 4 is 17.4 Å². The summed E-state index contributed by atoms with van der Waals surface area (Å²) in [5.74, 6) is 0. The molecule has 0 saturated heterocycles. The van der Waals surface area contributed by atoms with Crippen molar-refractivity contribution in [1.82, 2.24) is 10.2 Å². The molecule has 102 valence electrons. The van der Waals surface area contributed by atoms with Crippen LogP contribution in [0, 0.1) is 0 Å². The zero-order valence-corrected chi connectivity index (χ0v) is 12.3. The Morgan fingerprint density at radius 3 is 2.78 bits per heavy atom. The van der Waals surface area contributed by atoms with Crippen LogP contribution in [0.5, 0.6) is 0 Å². The number of thiophene rings is 1. The number of likely N-dealkylation sites (N-methyl/N-ethyl adjacent to an activating group) is 1. The average molecular weight is 270 g/mol. The van der Waals surface area contributed by atoms with Gasteiger partial charge >= 0.3 is 6.03 Å². The van der Waals surface area contributed by atoms with Gasteiger partial charge in [-0.2, -0.15) is 0 Å². The minimum atomic E-state index is -0.872. The highest BCUT2D eigenvalue weighted by Crippen LogP contribution is 2.11. The molecule has 2 N–H and O–H groups in total. The van der Waals surface area contributed by atoms with E-state index in [1.807, 2.05) is 18.4 Å². The summed E-state index contributed by atoms with van der Waals surface area (Å²) >= 11 is 1.69. The van der Waals surface area contributed by atoms with Crippen molar-refractivity contribution in [3.63, 3.8) is 0 Å². The van der Waals surface area contributed by atoms with Gasteiger partial charge in [0.05, 0.1) is 12.1 Å². The predicted octanol–water partition coefficient (Wildman–Crippen LogP) is 2.09. The molecule has 0 aliphatic carbocycles. The van der Waals surface area contributed by atoms with E-state index in [1.165, 1.54) is 9.78 Å². The highest BCUT2D eigenvalue weighted by atomic mass is 32.1. The number of carbonyl (C=O) groups is 1. The molecule has 0 spiro atoms. The second kappa shape index (κ2) is 6.20. The summed E-state index contributed by atoms with van der Waals surface area (Å²) in [6.07, 6.45) is 0.833. The minimum absolute atomic E-state index is 0.0837. The number of nitrogens with zero attached hydrogens (tertiary/aromatic N) is 1. The van der Waals surface area contributed by atoms with E-state index in [0.29, 0.717) is 6.54 Å². The van der Waals surface area contributed by atoms with E-state index in [1.54, 1.807) is 32.2 Å². The van der Waals surface area contributed by atoms with E-state index in [2.05, 4.69) is 11.4 Å². The summed E-state index contributed by atoms with van der Waals surface area (Å²) < 4.78 is 0. The molecule has 0 aliphatic rings. The summed E-state index contributed by atoms with van der Waals surface area (Å²) in [4.78, 5) is 14.6. The summed E-state index contributed by atoms with van der Waals surface area (Å²) in [6, 6.07) is 4.00. The van der Waals surface area contributed by atoms with Crippen LogP contribution in [0.2, 0.25) is 0 Å². The minimum Gasteiger partial charge on any atom is -0.389 e. The molecule has 0 aromatic carbocycles. The Morgan fingerprint density at radius 1 is 1.61 bits per heavy atom. The van der Waals surface area contributed by atoms with Crippen molar-refractivity contribution < 1.29 is 9.90 Å². The number of aliphatic hydroxyl groups is 1. The molecule has 4 nitrogen and oxygen atoms in total. The van der Waals surface area contributed by atoms with E-state index < -0.39 is 5.60 Å². The molecule has 0 aliphatic heterocycles. The van der Waals surface area contributed by atoms with Gasteiger partial charge in [0.1, 0.15) is 0 Å². The third-order valence-corrected chi connectivity index (χ3v) is 3.33. The van der Waals surface area contributed by atoms with Gasteiger partial charge in [-0.3, -0.25) is 0 Å². The highest BCUT2D eigenvalue weighted by molar-refractivity contribution is 7.09. The van der Waals surface area contributed by atoms with Crippen LogP contribution in [-0.2, 0) is 6.42 Å². The van der Waals surface area contributed by atoms with Crippen LogP contribution >= 0.6 is 11.3 Å². The van der Waals surface area contributed by atoms with Gasteiger partial charge in [0.2, 0.25) is 0 Å². The normalized spacial score (nSPS) is 13.2. The summed E-state index contributed by atoms with van der Waals surface area (Å²) in [7, 11) is 1.69. The first-order valence-corrected chi connectivity index (χ1v) is 6.92. The van der Waals surface area contributed by atoms with Crippen LogP contribution in [0.4, 0.5) is 4.79 Å². The smallest absolute Gasteiger partial charge is 0.317 e. The predicted molar refractivity (Wildman–Crippen MR) is 74.9 cm³/mol. The van der Waals surface area contributed by atoms with Gasteiger partial charge in [0.15, 0.2) is 0 Å². The van der Waals surface area contributed by atoms with Gasteiger partial charge in [-0.1, -0.05) is 6.07 Å². The SMILES string of the molecule is CC(Cc1cccs1)NC(=O)N(C)CC(C)(C)O. The van der Waals surface area contributed by atoms with E-state index in [-0.39, 0.29) is 12.1 Å². The molecule has 1 aromatic heterocycles. The van der Waals surface area contributed by atoms with Crippen molar-refractivity contribution in [2.24, 2.45) is 0 Å². The van der Waals surface area contributed by atoms with E-state index in [9.17, 15) is 9.90 Å². The third-order valence-electron chi connectivity index (χ3n) is 2.43. The lowest BCUT2D eigenvalue weighted by atomic mass is 10.1. The monoisotopic (exact) mass is 270 g/mol. The van der Waals surface area contributed by atoms with Crippen LogP contribution in [-0.4, -0.2) is 41.3 Å². The van der Waals surface area contributed by atoms with Crippen molar-refractivity contribution in [3.05, 3.63) is 22.4 Å². The van der Waals surface area contributed by atoms with E-state index >= 15 is 0 Å². The standard InChI is InChI=1S/C13H22N2O2S/c1-10(8-11-6-5-7-18-11)14-12(16)15(4)9-13(2,3)17/h5-7,10,17H,8-9H2,1-4H3,(H,14,16). The molecular formula is C13H22N2O2S. The van der Waals surface area contributed by atoms with E-state index in [4.69, 9.17) is 0 Å². The zero-order valence-electron chi connectivity index (χ0n) is 11.4. The summed E-state index contributed by atoms with van der Waals surface area (Å²) in [6.45, 7) is 5.66. The number of hydrogen-bond acceptors (Lipinski definition) is 3. The quantitative estimate of drug-likeness (QED) is 0.861. The Bertz CT molecular complexity index is 371. The maximum absolute atomic E-state index is 11.9. The fourth-order valence-corrected chi connectivity index (χ4v) is 2.59. The molecule has 18 heavy (non-hydrogen) atoms. The Morgan fingerprint density at radius 2 is 2.28 bits per heavy atom. The molecule has 1 aromatic rings. The first-order chi connectivity index (χ1) is 8.28. The molecule has 0 saturated carbocycles. The molecule has 0 radical (unpaired) electrons. The molecule has 0 fully saturated rings. The lowest BCUT2D eigenvalue weighted by molar-refractivity contribution is 0.0528. The van der Waals surface area contributed by atoms with Gasteiger partial charge in [-0.05, 0) is 32.2 Å². The second-order valence-electron chi connectivity index (χ2n) is 5.30. The molecule has 1 heterocycles. The number of urea groups is 1. The molecular weight excluding hydrogens is 248 g/mol. The lowest BCUT2D eigenvalue weighted by Crippen LogP contribution is -2.47. The van der Waals surface area contributed by atoms with E-state index in [0.717, 1.165) is 6.42 Å². The number of nitrogens with one attached hydrogen (secondary N) is 1. The molecule has 0 bridgehead atoms. The van der Waals surface area contributed by atoms with Gasteiger partial charge in [-0.25, -0.2) is 4.79 Å². The second-order valence-corrected chi connectivity index (χ2v) is 6.33. The molecule has 1 atom stereocenters. The Balaban J connectivity index is 2.39. The van der Waals surface area contributed by atoms with Gasteiger partial charge in [-0.15, -0.1) is 11.3 Å². The maximum Gasteiger partial charge on any atom is 0.317 e. The fraction of sp³-hybridized carbons (Fsp3) is 0.615. The largest absolute Gasteiger partial charge is 0.389 e. The number of hydrogen-bond donors (Lipinski definition) is 2. The maximum atomic E-state index is 11.9. The Labute approximate surface area is 113 Å². The van der Waals surface area contributed by atoms with Crippen molar-refractivity contribution in [2.45, 2.75) is 38.8 Å². The van der Waals surface area contributed by atoms with Gasteiger partial charge in [0, 0.05) is 24.4 Å². The first-order valence-electron chi connectivity index (χ1n) is 6.04. The van der Waals surface area contributed by atoms with Crippen LogP contribution in [0.3, 0.4) is 0 Å². The van der Waals surface area contributed by atoms with Gasteiger partial charge in [0.25, 0.3) is 0 Å².